The molecule has 0 spiro atoms. The van der Waals surface area contributed by atoms with Gasteiger partial charge < -0.3 is 9.42 Å². The molecule has 3 aromatic heterocycles. The van der Waals surface area contributed by atoms with Crippen LogP contribution >= 0.6 is 0 Å². The number of pyridine rings is 1. The maximum atomic E-state index is 11.6. The van der Waals surface area contributed by atoms with Gasteiger partial charge in [0.2, 0.25) is 17.6 Å². The first-order valence-electron chi connectivity index (χ1n) is 8.12. The van der Waals surface area contributed by atoms with E-state index in [9.17, 15) is 4.79 Å². The molecular weight excluding hydrogens is 320 g/mol. The largest absolute Gasteiger partial charge is 0.342 e. The molecule has 1 atom stereocenters. The van der Waals surface area contributed by atoms with E-state index in [0.717, 1.165) is 6.42 Å². The van der Waals surface area contributed by atoms with E-state index in [0.29, 0.717) is 36.3 Å². The molecule has 1 amide bonds. The molecule has 4 heterocycles. The van der Waals surface area contributed by atoms with Gasteiger partial charge in [0.15, 0.2) is 5.82 Å². The minimum atomic E-state index is -0.323. The summed E-state index contributed by atoms with van der Waals surface area (Å²) in [5.74, 6) is 1.73. The van der Waals surface area contributed by atoms with E-state index < -0.39 is 0 Å². The lowest BCUT2D eigenvalue weighted by Gasteiger charge is -2.19. The molecule has 1 saturated heterocycles. The average Bonchev–Trinajstić information content (AvgIpc) is 3.35. The van der Waals surface area contributed by atoms with Crippen molar-refractivity contribution in [3.8, 4) is 17.3 Å². The summed E-state index contributed by atoms with van der Waals surface area (Å²) < 4.78 is 7.18. The van der Waals surface area contributed by atoms with Crippen LogP contribution in [0.15, 0.2) is 41.2 Å². The predicted molar refractivity (Wildman–Crippen MR) is 88.9 cm³/mol. The molecule has 3 aromatic rings. The van der Waals surface area contributed by atoms with Gasteiger partial charge in [0.1, 0.15) is 5.69 Å². The lowest BCUT2D eigenvalue weighted by Crippen LogP contribution is -2.31. The topological polar surface area (TPSA) is 89.9 Å². The molecule has 0 saturated carbocycles. The van der Waals surface area contributed by atoms with Gasteiger partial charge >= 0.3 is 0 Å². The Morgan fingerprint density at radius 3 is 2.88 bits per heavy atom. The normalized spacial score (nSPS) is 20.2. The third-order valence-electron chi connectivity index (χ3n) is 4.56. The van der Waals surface area contributed by atoms with Gasteiger partial charge in [0.05, 0.1) is 5.41 Å². The molecule has 0 radical (unpaired) electrons. The second-order valence-electron chi connectivity index (χ2n) is 6.51. The zero-order valence-corrected chi connectivity index (χ0v) is 14.1. The smallest absolute Gasteiger partial charge is 0.234 e. The van der Waals surface area contributed by atoms with Crippen LogP contribution in [0.25, 0.3) is 17.3 Å². The van der Waals surface area contributed by atoms with Crippen LogP contribution in [-0.2, 0) is 10.2 Å². The molecule has 128 valence electrons. The number of aromatic nitrogens is 5. The second-order valence-corrected chi connectivity index (χ2v) is 6.51. The molecule has 8 heteroatoms. The first kappa shape index (κ1) is 15.5. The van der Waals surface area contributed by atoms with Gasteiger partial charge in [0.25, 0.3) is 0 Å². The minimum Gasteiger partial charge on any atom is -0.342 e. The molecule has 1 unspecified atom stereocenters. The van der Waals surface area contributed by atoms with Crippen LogP contribution in [0, 0.1) is 0 Å². The molecule has 0 N–H and O–H groups in total. The van der Waals surface area contributed by atoms with Gasteiger partial charge in [-0.15, -0.1) is 0 Å². The third kappa shape index (κ3) is 2.79. The van der Waals surface area contributed by atoms with Crippen molar-refractivity contribution in [3.63, 3.8) is 0 Å². The first-order chi connectivity index (χ1) is 12.0. The maximum Gasteiger partial charge on any atom is 0.234 e. The monoisotopic (exact) mass is 338 g/mol. The summed E-state index contributed by atoms with van der Waals surface area (Å²) in [5, 5.41) is 8.26. The number of hydrogen-bond donors (Lipinski definition) is 0. The summed E-state index contributed by atoms with van der Waals surface area (Å²) in [7, 11) is 0. The van der Waals surface area contributed by atoms with Crippen molar-refractivity contribution in [2.75, 3.05) is 13.1 Å². The Hall–Kier alpha value is -3.03. The van der Waals surface area contributed by atoms with E-state index in [1.807, 2.05) is 37.4 Å². The lowest BCUT2D eigenvalue weighted by molar-refractivity contribution is -0.128. The molecule has 0 aromatic carbocycles. The van der Waals surface area contributed by atoms with Crippen LogP contribution in [-0.4, -0.2) is 48.8 Å². The van der Waals surface area contributed by atoms with Crippen molar-refractivity contribution in [2.24, 2.45) is 0 Å². The fourth-order valence-corrected chi connectivity index (χ4v) is 3.06. The van der Waals surface area contributed by atoms with Crippen molar-refractivity contribution in [3.05, 3.63) is 42.5 Å². The molecular formula is C17H18N6O2. The Labute approximate surface area is 144 Å². The van der Waals surface area contributed by atoms with Gasteiger partial charge in [-0.1, -0.05) is 11.2 Å². The summed E-state index contributed by atoms with van der Waals surface area (Å²) in [6.45, 7) is 4.91. The molecule has 4 rings (SSSR count). The van der Waals surface area contributed by atoms with Crippen LogP contribution in [0.4, 0.5) is 0 Å². The zero-order valence-electron chi connectivity index (χ0n) is 14.1. The average molecular weight is 338 g/mol. The standard InChI is InChI=1S/C17H18N6O2/c1-12(24)22-10-7-17(2,11-22)16-20-15(21-25-16)13-5-3-6-14(19-13)23-9-4-8-18-23/h3-6,8-9H,7,10-11H2,1-2H3. The fourth-order valence-electron chi connectivity index (χ4n) is 3.06. The number of carbonyl (C=O) groups excluding carboxylic acids is 1. The predicted octanol–water partition coefficient (Wildman–Crippen LogP) is 1.83. The Morgan fingerprint density at radius 2 is 2.16 bits per heavy atom. The van der Waals surface area contributed by atoms with Crippen LogP contribution in [0.2, 0.25) is 0 Å². The minimum absolute atomic E-state index is 0.0667. The second kappa shape index (κ2) is 5.80. The van der Waals surface area contributed by atoms with Crippen LogP contribution in [0.5, 0.6) is 0 Å². The van der Waals surface area contributed by atoms with Gasteiger partial charge in [-0.3, -0.25) is 4.79 Å². The van der Waals surface area contributed by atoms with Crippen molar-refractivity contribution >= 4 is 5.91 Å². The van der Waals surface area contributed by atoms with Crippen LogP contribution in [0.3, 0.4) is 0 Å². The highest BCUT2D eigenvalue weighted by Gasteiger charge is 2.41. The number of rotatable bonds is 3. The molecule has 1 aliphatic heterocycles. The van der Waals surface area contributed by atoms with E-state index in [1.165, 1.54) is 0 Å². The van der Waals surface area contributed by atoms with E-state index in [1.54, 1.807) is 22.7 Å². The maximum absolute atomic E-state index is 11.6. The molecule has 0 aliphatic carbocycles. The number of nitrogens with zero attached hydrogens (tertiary/aromatic N) is 6. The van der Waals surface area contributed by atoms with Crippen molar-refractivity contribution in [2.45, 2.75) is 25.7 Å². The molecule has 0 bridgehead atoms. The van der Waals surface area contributed by atoms with E-state index in [4.69, 9.17) is 4.52 Å². The van der Waals surface area contributed by atoms with Gasteiger partial charge in [-0.25, -0.2) is 9.67 Å². The molecule has 8 nitrogen and oxygen atoms in total. The number of likely N-dealkylation sites (tertiary alicyclic amines) is 1. The summed E-state index contributed by atoms with van der Waals surface area (Å²) >= 11 is 0. The molecule has 1 fully saturated rings. The van der Waals surface area contributed by atoms with Gasteiger partial charge in [0, 0.05) is 32.4 Å². The van der Waals surface area contributed by atoms with E-state index in [2.05, 4.69) is 20.2 Å². The van der Waals surface area contributed by atoms with E-state index >= 15 is 0 Å². The fraction of sp³-hybridized carbons (Fsp3) is 0.353. The van der Waals surface area contributed by atoms with Gasteiger partial charge in [-0.05, 0) is 31.5 Å². The first-order valence-corrected chi connectivity index (χ1v) is 8.12. The van der Waals surface area contributed by atoms with Crippen molar-refractivity contribution in [1.82, 2.24) is 29.8 Å². The Kier molecular flexibility index (Phi) is 3.60. The SMILES string of the molecule is CC(=O)N1CCC(C)(c2nc(-c3cccc(-n4cccn4)n3)no2)C1. The summed E-state index contributed by atoms with van der Waals surface area (Å²) in [4.78, 5) is 22.5. The van der Waals surface area contributed by atoms with Gasteiger partial charge in [-0.2, -0.15) is 10.1 Å². The van der Waals surface area contributed by atoms with Crippen molar-refractivity contribution < 1.29 is 9.32 Å². The third-order valence-corrected chi connectivity index (χ3v) is 4.56. The lowest BCUT2D eigenvalue weighted by atomic mass is 9.90. The van der Waals surface area contributed by atoms with Crippen molar-refractivity contribution in [1.29, 1.82) is 0 Å². The Morgan fingerprint density at radius 1 is 1.28 bits per heavy atom. The number of hydrogen-bond acceptors (Lipinski definition) is 6. The summed E-state index contributed by atoms with van der Waals surface area (Å²) in [6.07, 6.45) is 4.32. The highest BCUT2D eigenvalue weighted by Crippen LogP contribution is 2.34. The number of carbonyl (C=O) groups is 1. The zero-order chi connectivity index (χ0) is 17.4. The molecule has 25 heavy (non-hydrogen) atoms. The number of amides is 1. The Bertz CT molecular complexity index is 904. The summed E-state index contributed by atoms with van der Waals surface area (Å²) in [5.41, 5.74) is 0.296. The highest BCUT2D eigenvalue weighted by molar-refractivity contribution is 5.73. The summed E-state index contributed by atoms with van der Waals surface area (Å²) in [6, 6.07) is 7.41. The van der Waals surface area contributed by atoms with E-state index in [-0.39, 0.29) is 11.3 Å². The van der Waals surface area contributed by atoms with Crippen LogP contribution < -0.4 is 0 Å². The van der Waals surface area contributed by atoms with Crippen LogP contribution in [0.1, 0.15) is 26.2 Å². The quantitative estimate of drug-likeness (QED) is 0.724. The Balaban J connectivity index is 1.62. The highest BCUT2D eigenvalue weighted by atomic mass is 16.5. The molecule has 1 aliphatic rings.